The Bertz CT molecular complexity index is 167. The van der Waals surface area contributed by atoms with Crippen molar-refractivity contribution in [1.29, 1.82) is 0 Å². The Balaban J connectivity index is -0.000000150. The smallest absolute Gasteiger partial charge is 0.872 e. The van der Waals surface area contributed by atoms with E-state index >= 15 is 0 Å². The molecule has 0 unspecified atom stereocenters. The number of rotatable bonds is 1. The van der Waals surface area contributed by atoms with Crippen molar-refractivity contribution in [1.82, 2.24) is 0 Å². The Morgan fingerprint density at radius 3 is 1.62 bits per heavy atom. The minimum atomic E-state index is 0. The molecule has 0 saturated heterocycles. The van der Waals surface area contributed by atoms with Crippen molar-refractivity contribution in [2.45, 2.75) is 13.3 Å². The zero-order chi connectivity index (χ0) is 8.53. The summed E-state index contributed by atoms with van der Waals surface area (Å²) in [5.74, 6) is 0.0718. The molecule has 0 spiro atoms. The Morgan fingerprint density at radius 2 is 1.46 bits per heavy atom. The first-order valence-electron chi connectivity index (χ1n) is 3.61. The molecule has 0 heterocycles. The van der Waals surface area contributed by atoms with Gasteiger partial charge < -0.3 is 10.2 Å². The van der Waals surface area contributed by atoms with Crippen LogP contribution in [0.25, 0.3) is 0 Å². The summed E-state index contributed by atoms with van der Waals surface area (Å²) in [7, 11) is 0. The van der Waals surface area contributed by atoms with E-state index in [1.807, 2.05) is 13.0 Å². The van der Waals surface area contributed by atoms with E-state index in [4.69, 9.17) is 0 Å². The molecule has 1 aromatic rings. The van der Waals surface area contributed by atoms with Crippen LogP contribution in [-0.2, 0) is 0 Å². The van der Waals surface area contributed by atoms with E-state index in [1.165, 1.54) is 12.1 Å². The van der Waals surface area contributed by atoms with Gasteiger partial charge in [0.25, 0.3) is 0 Å². The van der Waals surface area contributed by atoms with Crippen LogP contribution < -0.4 is 69.3 Å². The minimum Gasteiger partial charge on any atom is -0.872 e. The summed E-state index contributed by atoms with van der Waals surface area (Å²) in [5, 5.41) is 19.6. The molecule has 0 aliphatic heterocycles. The molecule has 0 fully saturated rings. The fraction of sp³-hybridized carbons (Fsp3) is 0.333. The maximum absolute atomic E-state index is 10.3. The first-order chi connectivity index (χ1) is 5.31. The predicted octanol–water partition coefficient (Wildman–Crippen LogP) is -5.48. The Labute approximate surface area is 124 Å². The van der Waals surface area contributed by atoms with Gasteiger partial charge in [-0.05, 0) is 0 Å². The quantitative estimate of drug-likeness (QED) is 0.423. The predicted molar refractivity (Wildman–Crippen MR) is 41.0 cm³/mol. The molecule has 0 aliphatic carbocycles. The number of benzene rings is 1. The molecule has 0 bridgehead atoms. The molecule has 0 radical (unpaired) electrons. The Morgan fingerprint density at radius 1 is 1.08 bits per heavy atom. The largest absolute Gasteiger partial charge is 1.00 e. The summed E-state index contributed by atoms with van der Waals surface area (Å²) in [6.07, 6.45) is 0.764. The van der Waals surface area contributed by atoms with Gasteiger partial charge in [-0.15, -0.1) is 12.4 Å². The standard InChI is InChI=1S/C6H6O.C3H7O.2Na/c7-6-4-2-1-3-5-6;1-2-3-4;;/h1-5,7H;2-3H2,1H3;;/q;-1;2*+1/p-1. The van der Waals surface area contributed by atoms with E-state index in [0.717, 1.165) is 6.42 Å². The summed E-state index contributed by atoms with van der Waals surface area (Å²) in [5.41, 5.74) is 0. The third kappa shape index (κ3) is 15.7. The van der Waals surface area contributed by atoms with E-state index in [0.29, 0.717) is 0 Å². The molecule has 0 saturated carbocycles. The van der Waals surface area contributed by atoms with Gasteiger partial charge in [-0.3, -0.25) is 0 Å². The SMILES string of the molecule is CCC[O-].[Na+].[Na+].[O-]c1ccccc1. The van der Waals surface area contributed by atoms with Gasteiger partial charge in [-0.1, -0.05) is 43.7 Å². The zero-order valence-corrected chi connectivity index (χ0v) is 12.6. The number of hydrogen-bond acceptors (Lipinski definition) is 2. The molecule has 0 amide bonds. The van der Waals surface area contributed by atoms with Crippen LogP contribution in [0.15, 0.2) is 30.3 Å². The molecule has 62 valence electrons. The molecule has 2 nitrogen and oxygen atoms in total. The molecule has 13 heavy (non-hydrogen) atoms. The van der Waals surface area contributed by atoms with Gasteiger partial charge in [-0.2, -0.15) is 0 Å². The maximum atomic E-state index is 10.3. The second-order valence-corrected chi connectivity index (χ2v) is 2.02. The second-order valence-electron chi connectivity index (χ2n) is 2.02. The molecule has 1 aromatic carbocycles. The fourth-order valence-electron chi connectivity index (χ4n) is 0.420. The Kier molecular flexibility index (Phi) is 23.2. The van der Waals surface area contributed by atoms with Gasteiger partial charge in [0.1, 0.15) is 0 Å². The summed E-state index contributed by atoms with van der Waals surface area (Å²) in [6.45, 7) is 1.94. The summed E-state index contributed by atoms with van der Waals surface area (Å²) >= 11 is 0. The van der Waals surface area contributed by atoms with E-state index in [2.05, 4.69) is 0 Å². The first-order valence-corrected chi connectivity index (χ1v) is 3.61. The van der Waals surface area contributed by atoms with Crippen molar-refractivity contribution in [3.05, 3.63) is 30.3 Å². The third-order valence-corrected chi connectivity index (χ3v) is 0.947. The van der Waals surface area contributed by atoms with Gasteiger partial charge in [0.15, 0.2) is 0 Å². The molecule has 0 aromatic heterocycles. The van der Waals surface area contributed by atoms with Crippen LogP contribution in [-0.4, -0.2) is 6.61 Å². The number of hydrogen-bond donors (Lipinski definition) is 0. The maximum Gasteiger partial charge on any atom is 1.00 e. The average Bonchev–Trinajstić information content (AvgIpc) is 2.07. The summed E-state index contributed by atoms with van der Waals surface area (Å²) in [4.78, 5) is 0. The van der Waals surface area contributed by atoms with Crippen molar-refractivity contribution in [2.24, 2.45) is 0 Å². The van der Waals surface area contributed by atoms with Crippen molar-refractivity contribution in [3.63, 3.8) is 0 Å². The van der Waals surface area contributed by atoms with Crippen LogP contribution in [0.3, 0.4) is 0 Å². The zero-order valence-electron chi connectivity index (χ0n) is 8.62. The van der Waals surface area contributed by atoms with Gasteiger partial charge >= 0.3 is 59.1 Å². The van der Waals surface area contributed by atoms with Crippen LogP contribution in [0, 0.1) is 0 Å². The molecular formula is C9H12Na2O2. The summed E-state index contributed by atoms with van der Waals surface area (Å²) < 4.78 is 0. The van der Waals surface area contributed by atoms with Crippen LogP contribution in [0.1, 0.15) is 13.3 Å². The van der Waals surface area contributed by atoms with Crippen molar-refractivity contribution in [3.8, 4) is 5.75 Å². The first kappa shape index (κ1) is 19.5. The average molecular weight is 198 g/mol. The molecule has 0 aliphatic rings. The van der Waals surface area contributed by atoms with Crippen LogP contribution >= 0.6 is 0 Å². The van der Waals surface area contributed by atoms with E-state index < -0.39 is 0 Å². The summed E-state index contributed by atoms with van der Waals surface area (Å²) in [6, 6.07) is 8.33. The second kappa shape index (κ2) is 15.5. The Hall–Kier alpha value is 0.980. The van der Waals surface area contributed by atoms with Gasteiger partial charge in [0, 0.05) is 0 Å². The van der Waals surface area contributed by atoms with E-state index in [1.54, 1.807) is 12.1 Å². The van der Waals surface area contributed by atoms with Gasteiger partial charge in [0.2, 0.25) is 0 Å². The monoisotopic (exact) mass is 198 g/mol. The van der Waals surface area contributed by atoms with Crippen molar-refractivity contribution >= 4 is 0 Å². The molecule has 4 heteroatoms. The van der Waals surface area contributed by atoms with E-state index in [-0.39, 0.29) is 71.5 Å². The normalized spacial score (nSPS) is 6.92. The number of para-hydroxylation sites is 1. The van der Waals surface area contributed by atoms with Crippen LogP contribution in [0.5, 0.6) is 5.75 Å². The van der Waals surface area contributed by atoms with Crippen molar-refractivity contribution < 1.29 is 69.3 Å². The topological polar surface area (TPSA) is 46.1 Å². The van der Waals surface area contributed by atoms with Gasteiger partial charge in [-0.25, -0.2) is 0 Å². The van der Waals surface area contributed by atoms with Crippen LogP contribution in [0.4, 0.5) is 0 Å². The molecule has 0 N–H and O–H groups in total. The minimum absolute atomic E-state index is 0. The molecule has 0 atom stereocenters. The molecule has 1 rings (SSSR count). The van der Waals surface area contributed by atoms with E-state index in [9.17, 15) is 10.2 Å². The fourth-order valence-corrected chi connectivity index (χ4v) is 0.420. The molecular weight excluding hydrogens is 186 g/mol. The van der Waals surface area contributed by atoms with Gasteiger partial charge in [0.05, 0.1) is 0 Å². The third-order valence-electron chi connectivity index (χ3n) is 0.947. The van der Waals surface area contributed by atoms with Crippen LogP contribution in [0.2, 0.25) is 0 Å². The van der Waals surface area contributed by atoms with Crippen molar-refractivity contribution in [2.75, 3.05) is 6.61 Å².